The Kier molecular flexibility index (Phi) is 1.38. The molecule has 2 rings (SSSR count). The van der Waals surface area contributed by atoms with Gasteiger partial charge in [0.1, 0.15) is 11.5 Å². The zero-order valence-electron chi connectivity index (χ0n) is 6.98. The Morgan fingerprint density at radius 3 is 2.91 bits per heavy atom. The fraction of sp³-hybridized carbons (Fsp3) is 0.400. The van der Waals surface area contributed by atoms with Crippen molar-refractivity contribution in [3.63, 3.8) is 0 Å². The standard InChI is InChI=1S/C10H12O/c1-7-4-3-5-10-9(7)6-8(2)11-10/h4,6H,3,5H2,1-2H3. The normalized spacial score (nSPS) is 16.0. The van der Waals surface area contributed by atoms with Crippen LogP contribution >= 0.6 is 0 Å². The Balaban J connectivity index is 2.55. The van der Waals surface area contributed by atoms with Gasteiger partial charge >= 0.3 is 0 Å². The Morgan fingerprint density at radius 2 is 2.18 bits per heavy atom. The van der Waals surface area contributed by atoms with E-state index in [4.69, 9.17) is 4.42 Å². The molecule has 0 aliphatic heterocycles. The summed E-state index contributed by atoms with van der Waals surface area (Å²) in [7, 11) is 0. The first-order chi connectivity index (χ1) is 5.27. The van der Waals surface area contributed by atoms with Crippen molar-refractivity contribution < 1.29 is 4.42 Å². The van der Waals surface area contributed by atoms with E-state index in [0.29, 0.717) is 0 Å². The molecular formula is C10H12O. The Hall–Kier alpha value is -0.980. The lowest BCUT2D eigenvalue weighted by atomic mass is 9.99. The molecule has 0 radical (unpaired) electrons. The Labute approximate surface area is 66.7 Å². The van der Waals surface area contributed by atoms with Crippen molar-refractivity contribution in [3.05, 3.63) is 29.2 Å². The molecule has 1 heteroatoms. The predicted octanol–water partition coefficient (Wildman–Crippen LogP) is 2.94. The van der Waals surface area contributed by atoms with Crippen LogP contribution in [-0.4, -0.2) is 0 Å². The molecule has 0 aromatic carbocycles. The van der Waals surface area contributed by atoms with E-state index in [1.54, 1.807) is 0 Å². The molecule has 1 aromatic rings. The van der Waals surface area contributed by atoms with Crippen molar-refractivity contribution in [3.8, 4) is 0 Å². The highest BCUT2D eigenvalue weighted by atomic mass is 16.3. The molecule has 0 spiro atoms. The van der Waals surface area contributed by atoms with E-state index in [-0.39, 0.29) is 0 Å². The Morgan fingerprint density at radius 1 is 1.36 bits per heavy atom. The summed E-state index contributed by atoms with van der Waals surface area (Å²) >= 11 is 0. The van der Waals surface area contributed by atoms with Gasteiger partial charge in [0.05, 0.1) is 0 Å². The fourth-order valence-electron chi connectivity index (χ4n) is 1.61. The molecule has 0 N–H and O–H groups in total. The topological polar surface area (TPSA) is 13.1 Å². The minimum absolute atomic E-state index is 1.03. The third-order valence-corrected chi connectivity index (χ3v) is 2.18. The van der Waals surface area contributed by atoms with Crippen LogP contribution in [0.2, 0.25) is 0 Å². The maximum Gasteiger partial charge on any atom is 0.111 e. The van der Waals surface area contributed by atoms with Crippen molar-refractivity contribution >= 4 is 5.57 Å². The average Bonchev–Trinajstić information content (AvgIpc) is 2.31. The fourth-order valence-corrected chi connectivity index (χ4v) is 1.61. The van der Waals surface area contributed by atoms with Crippen LogP contribution in [0.3, 0.4) is 0 Å². The molecule has 0 saturated heterocycles. The number of hydrogen-bond acceptors (Lipinski definition) is 1. The summed E-state index contributed by atoms with van der Waals surface area (Å²) in [6.07, 6.45) is 4.48. The first kappa shape index (κ1) is 6.71. The molecule has 58 valence electrons. The largest absolute Gasteiger partial charge is 0.466 e. The van der Waals surface area contributed by atoms with Crippen molar-refractivity contribution in [2.24, 2.45) is 0 Å². The summed E-state index contributed by atoms with van der Waals surface area (Å²) in [4.78, 5) is 0. The monoisotopic (exact) mass is 148 g/mol. The lowest BCUT2D eigenvalue weighted by molar-refractivity contribution is 0.481. The Bertz CT molecular complexity index is 305. The minimum Gasteiger partial charge on any atom is -0.466 e. The van der Waals surface area contributed by atoms with Gasteiger partial charge in [0.15, 0.2) is 0 Å². The number of fused-ring (bicyclic) bond motifs is 1. The van der Waals surface area contributed by atoms with E-state index in [1.165, 1.54) is 16.9 Å². The van der Waals surface area contributed by atoms with Crippen LogP contribution in [0.4, 0.5) is 0 Å². The van der Waals surface area contributed by atoms with Crippen LogP contribution in [-0.2, 0) is 6.42 Å². The van der Waals surface area contributed by atoms with Crippen LogP contribution in [0.5, 0.6) is 0 Å². The summed E-state index contributed by atoms with van der Waals surface area (Å²) < 4.78 is 5.54. The number of aryl methyl sites for hydroxylation is 2. The average molecular weight is 148 g/mol. The van der Waals surface area contributed by atoms with Crippen molar-refractivity contribution in [2.75, 3.05) is 0 Å². The number of furan rings is 1. The van der Waals surface area contributed by atoms with E-state index in [2.05, 4.69) is 19.1 Å². The summed E-state index contributed by atoms with van der Waals surface area (Å²) in [5, 5.41) is 0. The molecule has 0 amide bonds. The quantitative estimate of drug-likeness (QED) is 0.551. The maximum absolute atomic E-state index is 5.54. The summed E-state index contributed by atoms with van der Waals surface area (Å²) in [6.45, 7) is 4.15. The van der Waals surface area contributed by atoms with E-state index >= 15 is 0 Å². The second kappa shape index (κ2) is 2.26. The van der Waals surface area contributed by atoms with Gasteiger partial charge in [-0.05, 0) is 31.9 Å². The molecule has 1 aliphatic rings. The van der Waals surface area contributed by atoms with Crippen LogP contribution < -0.4 is 0 Å². The molecule has 1 aromatic heterocycles. The lowest BCUT2D eigenvalue weighted by Crippen LogP contribution is -1.92. The van der Waals surface area contributed by atoms with Crippen LogP contribution in [0.25, 0.3) is 5.57 Å². The van der Waals surface area contributed by atoms with Crippen molar-refractivity contribution in [2.45, 2.75) is 26.7 Å². The van der Waals surface area contributed by atoms with Crippen LogP contribution in [0, 0.1) is 6.92 Å². The SMILES string of the molecule is CC1=CCCc2oc(C)cc21. The van der Waals surface area contributed by atoms with Gasteiger partial charge in [0.2, 0.25) is 0 Å². The van der Waals surface area contributed by atoms with Crippen molar-refractivity contribution in [1.29, 1.82) is 0 Å². The zero-order chi connectivity index (χ0) is 7.84. The molecule has 0 unspecified atom stereocenters. The van der Waals surface area contributed by atoms with Gasteiger partial charge < -0.3 is 4.42 Å². The van der Waals surface area contributed by atoms with Crippen LogP contribution in [0.1, 0.15) is 30.4 Å². The highest BCUT2D eigenvalue weighted by Crippen LogP contribution is 2.28. The molecular weight excluding hydrogens is 136 g/mol. The van der Waals surface area contributed by atoms with Gasteiger partial charge in [-0.1, -0.05) is 6.08 Å². The van der Waals surface area contributed by atoms with E-state index in [9.17, 15) is 0 Å². The molecule has 0 bridgehead atoms. The van der Waals surface area contributed by atoms with Gasteiger partial charge in [-0.2, -0.15) is 0 Å². The van der Waals surface area contributed by atoms with Gasteiger partial charge in [0, 0.05) is 12.0 Å². The summed E-state index contributed by atoms with van der Waals surface area (Å²) in [5.41, 5.74) is 2.68. The molecule has 11 heavy (non-hydrogen) atoms. The van der Waals surface area contributed by atoms with Gasteiger partial charge in [-0.15, -0.1) is 0 Å². The first-order valence-electron chi connectivity index (χ1n) is 4.04. The van der Waals surface area contributed by atoms with E-state index in [1.807, 2.05) is 6.92 Å². The molecule has 0 fully saturated rings. The molecule has 1 aliphatic carbocycles. The smallest absolute Gasteiger partial charge is 0.111 e. The summed E-state index contributed by atoms with van der Waals surface area (Å²) in [5.74, 6) is 2.20. The summed E-state index contributed by atoms with van der Waals surface area (Å²) in [6, 6.07) is 2.13. The molecule has 1 nitrogen and oxygen atoms in total. The highest BCUT2D eigenvalue weighted by molar-refractivity contribution is 5.67. The molecule has 1 heterocycles. The number of hydrogen-bond donors (Lipinski definition) is 0. The van der Waals surface area contributed by atoms with Crippen molar-refractivity contribution in [1.82, 2.24) is 0 Å². The first-order valence-corrected chi connectivity index (χ1v) is 4.04. The minimum atomic E-state index is 1.03. The lowest BCUT2D eigenvalue weighted by Gasteiger charge is -2.06. The second-order valence-electron chi connectivity index (χ2n) is 3.12. The number of rotatable bonds is 0. The highest BCUT2D eigenvalue weighted by Gasteiger charge is 2.13. The van der Waals surface area contributed by atoms with Gasteiger partial charge in [-0.3, -0.25) is 0 Å². The predicted molar refractivity (Wildman–Crippen MR) is 45.4 cm³/mol. The molecule has 0 atom stereocenters. The van der Waals surface area contributed by atoms with E-state index < -0.39 is 0 Å². The van der Waals surface area contributed by atoms with E-state index in [0.717, 1.165) is 18.6 Å². The third-order valence-electron chi connectivity index (χ3n) is 2.18. The van der Waals surface area contributed by atoms with Gasteiger partial charge in [0.25, 0.3) is 0 Å². The zero-order valence-corrected chi connectivity index (χ0v) is 6.98. The van der Waals surface area contributed by atoms with Crippen LogP contribution in [0.15, 0.2) is 16.6 Å². The third kappa shape index (κ3) is 1.01. The maximum atomic E-state index is 5.54. The van der Waals surface area contributed by atoms with Gasteiger partial charge in [-0.25, -0.2) is 0 Å². The molecule has 0 saturated carbocycles. The number of allylic oxidation sites excluding steroid dienone is 2. The second-order valence-corrected chi connectivity index (χ2v) is 3.12.